The van der Waals surface area contributed by atoms with E-state index in [1.54, 1.807) is 35.6 Å². The summed E-state index contributed by atoms with van der Waals surface area (Å²) < 4.78 is 30.5. The first-order valence-electron chi connectivity index (χ1n) is 16.1. The average Bonchev–Trinajstić information content (AvgIpc) is 3.63. The zero-order valence-corrected chi connectivity index (χ0v) is 29.2. The summed E-state index contributed by atoms with van der Waals surface area (Å²) in [6.07, 6.45) is 1.04. The lowest BCUT2D eigenvalue weighted by Crippen LogP contribution is -2.45. The minimum absolute atomic E-state index is 0.111. The predicted octanol–water partition coefficient (Wildman–Crippen LogP) is 7.88. The molecule has 5 aromatic rings. The number of esters is 2. The number of phenolic OH excluding ortho intramolecular Hbond substituents is 1. The van der Waals surface area contributed by atoms with E-state index in [2.05, 4.69) is 15.9 Å². The normalized spacial score (nSPS) is 15.7. The topological polar surface area (TPSA) is 121 Å². The number of cyclic esters (lactones) is 2. The number of carbonyl (C=O) groups excluding carboxylic acids is 3. The molecule has 1 atom stereocenters. The van der Waals surface area contributed by atoms with E-state index in [0.717, 1.165) is 36.3 Å². The Kier molecular flexibility index (Phi) is 10.0. The average molecular weight is 759 g/mol. The molecule has 1 fully saturated rings. The molecule has 0 bridgehead atoms. The fourth-order valence-electron chi connectivity index (χ4n) is 5.90. The number of nitrogens with zero attached hydrogens (tertiary/aromatic N) is 1. The number of halogens is 1. The fourth-order valence-corrected chi connectivity index (χ4v) is 7.33. The minimum atomic E-state index is -0.751. The number of rotatable bonds is 13. The largest absolute Gasteiger partial charge is 0.508 e. The van der Waals surface area contributed by atoms with Crippen molar-refractivity contribution in [3.8, 4) is 39.2 Å². The molecule has 7 rings (SSSR count). The molecule has 1 aromatic heterocycles. The Balaban J connectivity index is 0.841. The first kappa shape index (κ1) is 33.6. The van der Waals surface area contributed by atoms with Gasteiger partial charge in [0.2, 0.25) is 0 Å². The van der Waals surface area contributed by atoms with E-state index in [4.69, 9.17) is 23.7 Å². The third-order valence-corrected chi connectivity index (χ3v) is 10.1. The quantitative estimate of drug-likeness (QED) is 0.0727. The number of fused-ring (bicyclic) bond motifs is 2. The van der Waals surface area contributed by atoms with Gasteiger partial charge in [-0.2, -0.15) is 0 Å². The molecule has 2 aliphatic rings. The standard InChI is InChI=1S/C38H32BrNO9S/c39-25-4-2-23(3-5-25)36-35(31-12-6-26(41)21-33(31)50-36)48-28-9-7-27(8-10-28)47-19-18-45-16-1-17-46-29-11-13-30-24(20-29)22-40(37(30)43)32-14-15-34(42)49-38(32)44/h2-13,20-21,32,41H,1,14-19,22H2. The Morgan fingerprint density at radius 3 is 2.40 bits per heavy atom. The molecule has 0 saturated carbocycles. The maximum absolute atomic E-state index is 12.8. The lowest BCUT2D eigenvalue weighted by molar-refractivity contribution is -0.167. The number of hydrogen-bond donors (Lipinski definition) is 1. The van der Waals surface area contributed by atoms with Gasteiger partial charge < -0.3 is 33.7 Å². The first-order valence-corrected chi connectivity index (χ1v) is 17.7. The Morgan fingerprint density at radius 1 is 0.840 bits per heavy atom. The van der Waals surface area contributed by atoms with E-state index in [-0.39, 0.29) is 31.0 Å². The number of aromatic hydroxyl groups is 1. The number of ether oxygens (including phenoxy) is 5. The Bertz CT molecular complexity index is 2040. The molecule has 1 saturated heterocycles. The number of phenols is 1. The van der Waals surface area contributed by atoms with Crippen LogP contribution in [0.5, 0.6) is 28.7 Å². The molecule has 2 aliphatic heterocycles. The Labute approximate surface area is 300 Å². The number of hydrogen-bond acceptors (Lipinski definition) is 10. The van der Waals surface area contributed by atoms with Crippen LogP contribution in [0.2, 0.25) is 0 Å². The summed E-state index contributed by atoms with van der Waals surface area (Å²) in [4.78, 5) is 38.8. The number of thiophene rings is 1. The van der Waals surface area contributed by atoms with Gasteiger partial charge in [-0.3, -0.25) is 9.59 Å². The van der Waals surface area contributed by atoms with Crippen LogP contribution in [-0.4, -0.2) is 60.3 Å². The molecular formula is C38H32BrNO9S. The third-order valence-electron chi connectivity index (χ3n) is 8.37. The molecule has 50 heavy (non-hydrogen) atoms. The summed E-state index contributed by atoms with van der Waals surface area (Å²) in [5, 5.41) is 11.0. The summed E-state index contributed by atoms with van der Waals surface area (Å²) >= 11 is 5.06. The fraction of sp³-hybridized carbons (Fsp3) is 0.237. The second-order valence-corrected chi connectivity index (χ2v) is 13.8. The molecule has 256 valence electrons. The van der Waals surface area contributed by atoms with Crippen molar-refractivity contribution in [1.82, 2.24) is 4.90 Å². The molecule has 1 N–H and O–H groups in total. The first-order chi connectivity index (χ1) is 24.3. The molecule has 10 nitrogen and oxygen atoms in total. The van der Waals surface area contributed by atoms with Crippen molar-refractivity contribution in [2.75, 3.05) is 26.4 Å². The lowest BCUT2D eigenvalue weighted by Gasteiger charge is -2.28. The Morgan fingerprint density at radius 2 is 1.60 bits per heavy atom. The summed E-state index contributed by atoms with van der Waals surface area (Å²) in [6, 6.07) is 25.3. The SMILES string of the molecule is O=C1CCC(N2Cc3cc(OCCCOCCOc4ccc(Oc5c(-c6ccc(Br)cc6)sc6cc(O)ccc56)cc4)ccc3C2=O)C(=O)O1. The van der Waals surface area contributed by atoms with Crippen LogP contribution < -0.4 is 14.2 Å². The van der Waals surface area contributed by atoms with Crippen LogP contribution in [0.3, 0.4) is 0 Å². The van der Waals surface area contributed by atoms with Crippen LogP contribution in [0, 0.1) is 0 Å². The molecule has 1 amide bonds. The van der Waals surface area contributed by atoms with E-state index in [0.29, 0.717) is 55.7 Å². The molecule has 1 unspecified atom stereocenters. The summed E-state index contributed by atoms with van der Waals surface area (Å²) in [5.41, 5.74) is 2.32. The molecule has 4 aromatic carbocycles. The van der Waals surface area contributed by atoms with Crippen molar-refractivity contribution in [2.24, 2.45) is 0 Å². The van der Waals surface area contributed by atoms with Crippen molar-refractivity contribution < 1.29 is 43.2 Å². The molecule has 3 heterocycles. The Hall–Kier alpha value is -4.91. The van der Waals surface area contributed by atoms with Crippen molar-refractivity contribution >= 4 is 55.2 Å². The zero-order chi connectivity index (χ0) is 34.6. The zero-order valence-electron chi connectivity index (χ0n) is 26.8. The van der Waals surface area contributed by atoms with Crippen molar-refractivity contribution in [2.45, 2.75) is 31.8 Å². The van der Waals surface area contributed by atoms with Gasteiger partial charge in [0.05, 0.1) is 18.1 Å². The maximum atomic E-state index is 12.8. The molecule has 0 radical (unpaired) electrons. The monoisotopic (exact) mass is 757 g/mol. The van der Waals surface area contributed by atoms with Gasteiger partial charge >= 0.3 is 11.9 Å². The highest BCUT2D eigenvalue weighted by molar-refractivity contribution is 9.10. The molecule has 12 heteroatoms. The van der Waals surface area contributed by atoms with E-state index in [9.17, 15) is 19.5 Å². The number of amides is 1. The van der Waals surface area contributed by atoms with Crippen molar-refractivity contribution in [3.05, 3.63) is 101 Å². The van der Waals surface area contributed by atoms with E-state index >= 15 is 0 Å². The second-order valence-electron chi connectivity index (χ2n) is 11.8. The van der Waals surface area contributed by atoms with Crippen molar-refractivity contribution in [3.63, 3.8) is 0 Å². The maximum Gasteiger partial charge on any atom is 0.336 e. The molecule has 0 aliphatic carbocycles. The highest BCUT2D eigenvalue weighted by Crippen LogP contribution is 2.47. The summed E-state index contributed by atoms with van der Waals surface area (Å²) in [6.45, 7) is 1.98. The smallest absolute Gasteiger partial charge is 0.336 e. The highest BCUT2D eigenvalue weighted by atomic mass is 79.9. The van der Waals surface area contributed by atoms with Gasteiger partial charge in [-0.15, -0.1) is 11.3 Å². The van der Waals surface area contributed by atoms with Crippen LogP contribution in [-0.2, 0) is 25.6 Å². The number of carbonyl (C=O) groups is 3. The summed E-state index contributed by atoms with van der Waals surface area (Å²) in [7, 11) is 0. The van der Waals surface area contributed by atoms with Gasteiger partial charge in [-0.25, -0.2) is 4.79 Å². The van der Waals surface area contributed by atoms with Gasteiger partial charge in [-0.1, -0.05) is 28.1 Å². The third kappa shape index (κ3) is 7.47. The number of benzene rings is 4. The van der Waals surface area contributed by atoms with E-state index < -0.39 is 18.0 Å². The van der Waals surface area contributed by atoms with E-state index in [1.165, 1.54) is 4.90 Å². The van der Waals surface area contributed by atoms with Crippen LogP contribution in [0.1, 0.15) is 35.2 Å². The van der Waals surface area contributed by atoms with Crippen LogP contribution in [0.4, 0.5) is 0 Å². The van der Waals surface area contributed by atoms with Crippen molar-refractivity contribution in [1.29, 1.82) is 0 Å². The second kappa shape index (κ2) is 14.9. The van der Waals surface area contributed by atoms with Crippen LogP contribution in [0.25, 0.3) is 20.5 Å². The minimum Gasteiger partial charge on any atom is -0.508 e. The lowest BCUT2D eigenvalue weighted by atomic mass is 10.1. The van der Waals surface area contributed by atoms with Crippen LogP contribution in [0.15, 0.2) is 89.4 Å². The highest BCUT2D eigenvalue weighted by Gasteiger charge is 2.40. The summed E-state index contributed by atoms with van der Waals surface area (Å²) in [5.74, 6) is 1.46. The van der Waals surface area contributed by atoms with Gasteiger partial charge in [0.1, 0.15) is 35.6 Å². The molecular weight excluding hydrogens is 726 g/mol. The molecule has 0 spiro atoms. The van der Waals surface area contributed by atoms with Gasteiger partial charge in [0.25, 0.3) is 5.91 Å². The van der Waals surface area contributed by atoms with Gasteiger partial charge in [0, 0.05) is 46.1 Å². The van der Waals surface area contributed by atoms with Gasteiger partial charge in [-0.05, 0) is 90.3 Å². The van der Waals surface area contributed by atoms with E-state index in [1.807, 2.05) is 60.7 Å². The predicted molar refractivity (Wildman–Crippen MR) is 190 cm³/mol. The van der Waals surface area contributed by atoms with Gasteiger partial charge in [0.15, 0.2) is 5.75 Å². The van der Waals surface area contributed by atoms with Crippen LogP contribution >= 0.6 is 27.3 Å².